The quantitative estimate of drug-likeness (QED) is 0.472. The Kier molecular flexibility index (Phi) is 1.39. The molecule has 0 amide bonds. The van der Waals surface area contributed by atoms with E-state index in [9.17, 15) is 4.79 Å². The van der Waals surface area contributed by atoms with E-state index in [-0.39, 0.29) is 5.69 Å². The molecule has 1 aromatic heterocycles. The fourth-order valence-electron chi connectivity index (χ4n) is 1.17. The number of fused-ring (bicyclic) bond motifs is 1. The average Bonchev–Trinajstić information content (AvgIpc) is 2.47. The number of rotatable bonds is 1. The molecule has 0 atom stereocenters. The molecule has 2 rings (SSSR count). The lowest BCUT2D eigenvalue weighted by Crippen LogP contribution is -2.21. The van der Waals surface area contributed by atoms with E-state index in [1.165, 1.54) is 0 Å². The summed E-state index contributed by atoms with van der Waals surface area (Å²) in [6.07, 6.45) is 0. The number of carboxylic acids is 1. The molecule has 4 N–H and O–H groups in total. The molecule has 0 unspecified atom stereocenters. The Balaban J connectivity index is 2.44. The molecule has 6 heteroatoms. The summed E-state index contributed by atoms with van der Waals surface area (Å²) in [5.74, 6) is -0.418. The lowest BCUT2D eigenvalue weighted by Gasteiger charge is -2.14. The molecule has 0 spiro atoms. The van der Waals surface area contributed by atoms with Gasteiger partial charge in [0.05, 0.1) is 0 Å². The van der Waals surface area contributed by atoms with Gasteiger partial charge in [-0.15, -0.1) is 0 Å². The van der Waals surface area contributed by atoms with Crippen molar-refractivity contribution < 1.29 is 9.90 Å². The van der Waals surface area contributed by atoms with Gasteiger partial charge in [-0.05, 0) is 0 Å². The standard InChI is InChI=1S/C6H8N4O2/c11-6(12)4-3-5(10-9-4)8-2-1-7-3/h7H,1-2H2,(H,11,12)(H2,8,9,10). The summed E-state index contributed by atoms with van der Waals surface area (Å²) >= 11 is 0. The number of carbonyl (C=O) groups is 1. The van der Waals surface area contributed by atoms with Crippen molar-refractivity contribution in [3.63, 3.8) is 0 Å². The van der Waals surface area contributed by atoms with E-state index in [1.807, 2.05) is 0 Å². The molecule has 1 aliphatic rings. The predicted molar refractivity (Wildman–Crippen MR) is 42.5 cm³/mol. The summed E-state index contributed by atoms with van der Waals surface area (Å²) in [5, 5.41) is 20.9. The fourth-order valence-corrected chi connectivity index (χ4v) is 1.17. The topological polar surface area (TPSA) is 90.0 Å². The number of carboxylic acid groups (broad SMARTS) is 1. The molecule has 64 valence electrons. The van der Waals surface area contributed by atoms with Gasteiger partial charge in [0.15, 0.2) is 11.5 Å². The van der Waals surface area contributed by atoms with Crippen LogP contribution in [0, 0.1) is 0 Å². The minimum absolute atomic E-state index is 0.109. The maximum atomic E-state index is 10.6. The Morgan fingerprint density at radius 1 is 1.42 bits per heavy atom. The molecule has 0 aromatic carbocycles. The highest BCUT2D eigenvalue weighted by Crippen LogP contribution is 2.24. The summed E-state index contributed by atoms with van der Waals surface area (Å²) in [6, 6.07) is 0. The van der Waals surface area contributed by atoms with Crippen molar-refractivity contribution >= 4 is 17.5 Å². The van der Waals surface area contributed by atoms with Crippen molar-refractivity contribution in [3.05, 3.63) is 5.69 Å². The van der Waals surface area contributed by atoms with Gasteiger partial charge in [0.1, 0.15) is 5.69 Å². The van der Waals surface area contributed by atoms with Crippen LogP contribution in [-0.2, 0) is 0 Å². The minimum Gasteiger partial charge on any atom is -0.476 e. The van der Waals surface area contributed by atoms with Crippen molar-refractivity contribution in [2.75, 3.05) is 23.7 Å². The number of aromatic nitrogens is 2. The Labute approximate surface area is 68.0 Å². The number of nitrogens with zero attached hydrogens (tertiary/aromatic N) is 1. The number of nitrogens with one attached hydrogen (secondary N) is 3. The molecule has 1 aromatic rings. The van der Waals surface area contributed by atoms with E-state index in [2.05, 4.69) is 20.8 Å². The van der Waals surface area contributed by atoms with Crippen LogP contribution in [0.5, 0.6) is 0 Å². The van der Waals surface area contributed by atoms with Gasteiger partial charge >= 0.3 is 5.97 Å². The molecule has 0 fully saturated rings. The van der Waals surface area contributed by atoms with Crippen molar-refractivity contribution in [2.45, 2.75) is 0 Å². The number of hydrogen-bond donors (Lipinski definition) is 4. The number of H-pyrrole nitrogens is 1. The Morgan fingerprint density at radius 2 is 2.17 bits per heavy atom. The summed E-state index contributed by atoms with van der Waals surface area (Å²) < 4.78 is 0. The first-order valence-electron chi connectivity index (χ1n) is 3.58. The summed E-state index contributed by atoms with van der Waals surface area (Å²) in [5.41, 5.74) is 0.658. The second kappa shape index (κ2) is 2.40. The van der Waals surface area contributed by atoms with Crippen LogP contribution in [0.15, 0.2) is 0 Å². The SMILES string of the molecule is O=C(O)c1[nH]nc2c1NCCN2. The molecule has 0 radical (unpaired) electrons. The van der Waals surface area contributed by atoms with Gasteiger partial charge < -0.3 is 15.7 Å². The Bertz CT molecular complexity index is 319. The molecule has 0 saturated carbocycles. The van der Waals surface area contributed by atoms with E-state index >= 15 is 0 Å². The van der Waals surface area contributed by atoms with Gasteiger partial charge in [0, 0.05) is 13.1 Å². The number of anilines is 2. The predicted octanol–water partition coefficient (Wildman–Crippen LogP) is -0.0547. The van der Waals surface area contributed by atoms with Gasteiger partial charge in [-0.2, -0.15) is 5.10 Å². The maximum Gasteiger partial charge on any atom is 0.356 e. The van der Waals surface area contributed by atoms with Crippen molar-refractivity contribution in [1.82, 2.24) is 10.2 Å². The third-order valence-electron chi connectivity index (χ3n) is 1.70. The Morgan fingerprint density at radius 3 is 2.92 bits per heavy atom. The molecule has 6 nitrogen and oxygen atoms in total. The van der Waals surface area contributed by atoms with Crippen molar-refractivity contribution in [1.29, 1.82) is 0 Å². The number of aromatic carboxylic acids is 1. The first-order valence-corrected chi connectivity index (χ1v) is 3.58. The van der Waals surface area contributed by atoms with E-state index in [4.69, 9.17) is 5.11 Å². The van der Waals surface area contributed by atoms with Crippen LogP contribution >= 0.6 is 0 Å². The monoisotopic (exact) mass is 168 g/mol. The van der Waals surface area contributed by atoms with Gasteiger partial charge in [0.25, 0.3) is 0 Å². The van der Waals surface area contributed by atoms with Crippen LogP contribution in [0.4, 0.5) is 11.5 Å². The van der Waals surface area contributed by atoms with Crippen LogP contribution in [0.1, 0.15) is 10.5 Å². The van der Waals surface area contributed by atoms with Crippen molar-refractivity contribution in [2.24, 2.45) is 0 Å². The zero-order valence-corrected chi connectivity index (χ0v) is 6.22. The number of aromatic amines is 1. The molecular weight excluding hydrogens is 160 g/mol. The van der Waals surface area contributed by atoms with E-state index in [0.29, 0.717) is 18.1 Å². The summed E-state index contributed by atoms with van der Waals surface area (Å²) in [7, 11) is 0. The van der Waals surface area contributed by atoms with Gasteiger partial charge in [-0.3, -0.25) is 5.10 Å². The highest BCUT2D eigenvalue weighted by Gasteiger charge is 2.20. The van der Waals surface area contributed by atoms with E-state index < -0.39 is 5.97 Å². The van der Waals surface area contributed by atoms with Crippen LogP contribution in [0.25, 0.3) is 0 Å². The Hall–Kier alpha value is -1.72. The first-order chi connectivity index (χ1) is 5.79. The van der Waals surface area contributed by atoms with Gasteiger partial charge in [-0.1, -0.05) is 0 Å². The largest absolute Gasteiger partial charge is 0.476 e. The zero-order valence-electron chi connectivity index (χ0n) is 6.22. The van der Waals surface area contributed by atoms with Crippen LogP contribution in [0.2, 0.25) is 0 Å². The molecule has 0 saturated heterocycles. The van der Waals surface area contributed by atoms with Gasteiger partial charge in [-0.25, -0.2) is 4.79 Å². The third kappa shape index (κ3) is 0.884. The molecule has 12 heavy (non-hydrogen) atoms. The smallest absolute Gasteiger partial charge is 0.356 e. The maximum absolute atomic E-state index is 10.6. The molecule has 0 aliphatic carbocycles. The minimum atomic E-state index is -1.00. The second-order valence-corrected chi connectivity index (χ2v) is 2.48. The second-order valence-electron chi connectivity index (χ2n) is 2.48. The molecule has 1 aliphatic heterocycles. The molecule has 0 bridgehead atoms. The average molecular weight is 168 g/mol. The van der Waals surface area contributed by atoms with E-state index in [0.717, 1.165) is 6.54 Å². The summed E-state index contributed by atoms with van der Waals surface area (Å²) in [6.45, 7) is 1.48. The zero-order chi connectivity index (χ0) is 8.55. The van der Waals surface area contributed by atoms with Gasteiger partial charge in [0.2, 0.25) is 0 Å². The van der Waals surface area contributed by atoms with Crippen LogP contribution in [-0.4, -0.2) is 34.4 Å². The fraction of sp³-hybridized carbons (Fsp3) is 0.333. The number of hydrogen-bond acceptors (Lipinski definition) is 4. The summed E-state index contributed by atoms with van der Waals surface area (Å²) in [4.78, 5) is 10.6. The molecular formula is C6H8N4O2. The third-order valence-corrected chi connectivity index (χ3v) is 1.70. The van der Waals surface area contributed by atoms with Crippen LogP contribution in [0.3, 0.4) is 0 Å². The van der Waals surface area contributed by atoms with Crippen molar-refractivity contribution in [3.8, 4) is 0 Å². The van der Waals surface area contributed by atoms with Crippen LogP contribution < -0.4 is 10.6 Å². The lowest BCUT2D eigenvalue weighted by molar-refractivity contribution is 0.0691. The molecule has 2 heterocycles. The highest BCUT2D eigenvalue weighted by atomic mass is 16.4. The lowest BCUT2D eigenvalue weighted by atomic mass is 10.3. The highest BCUT2D eigenvalue weighted by molar-refractivity contribution is 5.95. The van der Waals surface area contributed by atoms with E-state index in [1.54, 1.807) is 0 Å². The first kappa shape index (κ1) is 6.96. The normalized spacial score (nSPS) is 14.3.